The van der Waals surface area contributed by atoms with Gasteiger partial charge in [0.1, 0.15) is 22.8 Å². The van der Waals surface area contributed by atoms with Crippen LogP contribution in [0, 0.1) is 0 Å². The summed E-state index contributed by atoms with van der Waals surface area (Å²) < 4.78 is 15.4. The third-order valence-corrected chi connectivity index (χ3v) is 3.86. The third-order valence-electron chi connectivity index (χ3n) is 3.86. The van der Waals surface area contributed by atoms with Gasteiger partial charge in [0.15, 0.2) is 12.6 Å². The van der Waals surface area contributed by atoms with Crippen LogP contribution in [0.25, 0.3) is 0 Å². The van der Waals surface area contributed by atoms with Gasteiger partial charge in [0.2, 0.25) is 0 Å². The van der Waals surface area contributed by atoms with Crippen LogP contribution < -0.4 is 9.47 Å². The van der Waals surface area contributed by atoms with Gasteiger partial charge in [0, 0.05) is 25.7 Å². The number of carbonyl (C=O) groups is 1. The average Bonchev–Trinajstić information content (AvgIpc) is 2.63. The molecule has 0 fully saturated rings. The van der Waals surface area contributed by atoms with E-state index in [4.69, 9.17) is 14.2 Å². The zero-order chi connectivity index (χ0) is 18.1. The summed E-state index contributed by atoms with van der Waals surface area (Å²) in [6.07, 6.45) is 2.91. The van der Waals surface area contributed by atoms with Crippen molar-refractivity contribution in [1.29, 1.82) is 0 Å². The monoisotopic (exact) mass is 344 g/mol. The van der Waals surface area contributed by atoms with E-state index in [1.807, 2.05) is 18.2 Å². The Bertz CT molecular complexity index is 682. The number of phenolic OH excluding ortho intramolecular Hbond substituents is 1. The van der Waals surface area contributed by atoms with Crippen LogP contribution in [0.1, 0.15) is 35.2 Å². The molecular formula is C20H24O5. The maximum absolute atomic E-state index is 12.5. The summed E-state index contributed by atoms with van der Waals surface area (Å²) in [5.41, 5.74) is 1.43. The highest BCUT2D eigenvalue weighted by atomic mass is 16.7. The Kier molecular flexibility index (Phi) is 7.29. The SMILES string of the molecule is COCOc1cc(OC)cc(O)c1C(=O)CCCCc1ccccc1. The number of Topliss-reactive ketones (excluding diaryl/α,β-unsaturated/α-hetero) is 1. The highest BCUT2D eigenvalue weighted by Gasteiger charge is 2.19. The van der Waals surface area contributed by atoms with Crippen molar-refractivity contribution in [1.82, 2.24) is 0 Å². The van der Waals surface area contributed by atoms with Gasteiger partial charge in [-0.1, -0.05) is 30.3 Å². The molecular weight excluding hydrogens is 320 g/mol. The van der Waals surface area contributed by atoms with Gasteiger partial charge in [-0.2, -0.15) is 0 Å². The molecule has 2 rings (SSSR count). The van der Waals surface area contributed by atoms with Crippen LogP contribution in [0.4, 0.5) is 0 Å². The number of unbranched alkanes of at least 4 members (excludes halogenated alkanes) is 1. The predicted molar refractivity (Wildman–Crippen MR) is 95.5 cm³/mol. The van der Waals surface area contributed by atoms with E-state index in [0.29, 0.717) is 12.2 Å². The van der Waals surface area contributed by atoms with E-state index in [2.05, 4.69) is 12.1 Å². The molecule has 0 aliphatic carbocycles. The van der Waals surface area contributed by atoms with E-state index in [1.54, 1.807) is 6.07 Å². The number of carbonyl (C=O) groups excluding carboxylic acids is 1. The summed E-state index contributed by atoms with van der Waals surface area (Å²) in [7, 11) is 2.98. The number of methoxy groups -OCH3 is 2. The number of aryl methyl sites for hydroxylation is 1. The Morgan fingerprint density at radius 2 is 1.84 bits per heavy atom. The molecule has 2 aromatic rings. The number of rotatable bonds is 10. The fraction of sp³-hybridized carbons (Fsp3) is 0.350. The van der Waals surface area contributed by atoms with Gasteiger partial charge in [0.05, 0.1) is 7.11 Å². The van der Waals surface area contributed by atoms with Crippen molar-refractivity contribution in [2.45, 2.75) is 25.7 Å². The molecule has 0 amide bonds. The Balaban J connectivity index is 1.99. The molecule has 0 bridgehead atoms. The van der Waals surface area contributed by atoms with Gasteiger partial charge in [-0.3, -0.25) is 4.79 Å². The summed E-state index contributed by atoms with van der Waals surface area (Å²) in [6, 6.07) is 13.2. The van der Waals surface area contributed by atoms with Gasteiger partial charge in [-0.15, -0.1) is 0 Å². The van der Waals surface area contributed by atoms with Crippen LogP contribution in [0.15, 0.2) is 42.5 Å². The predicted octanol–water partition coefficient (Wildman–Crippen LogP) is 3.98. The molecule has 134 valence electrons. The fourth-order valence-electron chi connectivity index (χ4n) is 2.59. The van der Waals surface area contributed by atoms with Crippen molar-refractivity contribution >= 4 is 5.78 Å². The van der Waals surface area contributed by atoms with E-state index >= 15 is 0 Å². The van der Waals surface area contributed by atoms with E-state index in [0.717, 1.165) is 19.3 Å². The fourth-order valence-corrected chi connectivity index (χ4v) is 2.59. The van der Waals surface area contributed by atoms with Crippen LogP contribution in [-0.4, -0.2) is 31.9 Å². The summed E-state index contributed by atoms with van der Waals surface area (Å²) >= 11 is 0. The highest BCUT2D eigenvalue weighted by Crippen LogP contribution is 2.34. The largest absolute Gasteiger partial charge is 0.507 e. The minimum Gasteiger partial charge on any atom is -0.507 e. The second-order valence-corrected chi connectivity index (χ2v) is 5.69. The topological polar surface area (TPSA) is 65.0 Å². The lowest BCUT2D eigenvalue weighted by Crippen LogP contribution is -2.07. The number of benzene rings is 2. The molecule has 0 aliphatic rings. The lowest BCUT2D eigenvalue weighted by atomic mass is 10.0. The summed E-state index contributed by atoms with van der Waals surface area (Å²) in [5.74, 6) is 0.397. The number of hydrogen-bond acceptors (Lipinski definition) is 5. The Morgan fingerprint density at radius 1 is 1.08 bits per heavy atom. The lowest BCUT2D eigenvalue weighted by molar-refractivity contribution is 0.0498. The molecule has 0 atom stereocenters. The summed E-state index contributed by atoms with van der Waals surface area (Å²) in [6.45, 7) is -0.0130. The normalized spacial score (nSPS) is 10.5. The molecule has 0 aromatic heterocycles. The molecule has 0 heterocycles. The summed E-state index contributed by atoms with van der Waals surface area (Å²) in [5, 5.41) is 10.2. The molecule has 2 aromatic carbocycles. The van der Waals surface area contributed by atoms with Gasteiger partial charge < -0.3 is 19.3 Å². The quantitative estimate of drug-likeness (QED) is 0.401. The first-order valence-corrected chi connectivity index (χ1v) is 8.25. The minimum absolute atomic E-state index is 0.0130. The smallest absolute Gasteiger partial charge is 0.188 e. The molecule has 0 aliphatic heterocycles. The second kappa shape index (κ2) is 9.69. The Labute approximate surface area is 148 Å². The van der Waals surface area contributed by atoms with E-state index in [9.17, 15) is 9.90 Å². The van der Waals surface area contributed by atoms with Crippen molar-refractivity contribution in [2.75, 3.05) is 21.0 Å². The third kappa shape index (κ3) is 5.50. The van der Waals surface area contributed by atoms with Gasteiger partial charge in [-0.05, 0) is 24.8 Å². The molecule has 5 nitrogen and oxygen atoms in total. The van der Waals surface area contributed by atoms with Crippen molar-refractivity contribution in [3.8, 4) is 17.2 Å². The zero-order valence-corrected chi connectivity index (χ0v) is 14.7. The number of ether oxygens (including phenoxy) is 3. The van der Waals surface area contributed by atoms with Crippen molar-refractivity contribution in [2.24, 2.45) is 0 Å². The molecule has 25 heavy (non-hydrogen) atoms. The molecule has 1 N–H and O–H groups in total. The maximum Gasteiger partial charge on any atom is 0.188 e. The number of ketones is 1. The molecule has 0 saturated carbocycles. The minimum atomic E-state index is -0.153. The summed E-state index contributed by atoms with van der Waals surface area (Å²) in [4.78, 5) is 12.5. The van der Waals surface area contributed by atoms with Crippen molar-refractivity contribution < 1.29 is 24.1 Å². The standard InChI is InChI=1S/C20H24O5/c1-23-14-25-19-13-16(24-2)12-18(22)20(19)17(21)11-7-6-10-15-8-4-3-5-9-15/h3-5,8-9,12-13,22H,6-7,10-11,14H2,1-2H3. The van der Waals surface area contributed by atoms with Crippen LogP contribution in [0.5, 0.6) is 17.2 Å². The lowest BCUT2D eigenvalue weighted by Gasteiger charge is -2.13. The molecule has 0 radical (unpaired) electrons. The number of hydrogen-bond donors (Lipinski definition) is 1. The first kappa shape index (κ1) is 18.8. The van der Waals surface area contributed by atoms with E-state index in [-0.39, 0.29) is 29.6 Å². The van der Waals surface area contributed by atoms with Gasteiger partial charge in [-0.25, -0.2) is 0 Å². The average molecular weight is 344 g/mol. The maximum atomic E-state index is 12.5. The van der Waals surface area contributed by atoms with Crippen LogP contribution in [-0.2, 0) is 11.2 Å². The number of aromatic hydroxyl groups is 1. The zero-order valence-electron chi connectivity index (χ0n) is 14.7. The highest BCUT2D eigenvalue weighted by molar-refractivity contribution is 6.01. The van der Waals surface area contributed by atoms with Crippen LogP contribution >= 0.6 is 0 Å². The molecule has 0 saturated heterocycles. The van der Waals surface area contributed by atoms with Crippen LogP contribution in [0.3, 0.4) is 0 Å². The Morgan fingerprint density at radius 3 is 2.52 bits per heavy atom. The molecule has 5 heteroatoms. The van der Waals surface area contributed by atoms with E-state index in [1.165, 1.54) is 25.8 Å². The number of phenols is 1. The van der Waals surface area contributed by atoms with Crippen molar-refractivity contribution in [3.63, 3.8) is 0 Å². The second-order valence-electron chi connectivity index (χ2n) is 5.69. The first-order chi connectivity index (χ1) is 12.2. The van der Waals surface area contributed by atoms with Gasteiger partial charge >= 0.3 is 0 Å². The molecule has 0 spiro atoms. The van der Waals surface area contributed by atoms with Gasteiger partial charge in [0.25, 0.3) is 0 Å². The first-order valence-electron chi connectivity index (χ1n) is 8.25. The molecule has 0 unspecified atom stereocenters. The Hall–Kier alpha value is -2.53. The van der Waals surface area contributed by atoms with Crippen molar-refractivity contribution in [3.05, 3.63) is 53.6 Å². The van der Waals surface area contributed by atoms with E-state index < -0.39 is 0 Å². The van der Waals surface area contributed by atoms with Crippen LogP contribution in [0.2, 0.25) is 0 Å².